The Hall–Kier alpha value is -0.410. The van der Waals surface area contributed by atoms with Crippen LogP contribution in [-0.2, 0) is 4.79 Å². The van der Waals surface area contributed by atoms with Crippen LogP contribution in [0.15, 0.2) is 0 Å². The summed E-state index contributed by atoms with van der Waals surface area (Å²) in [6.45, 7) is 4.76. The van der Waals surface area contributed by atoms with Gasteiger partial charge in [0, 0.05) is 12.3 Å². The van der Waals surface area contributed by atoms with Crippen molar-refractivity contribution in [3.8, 4) is 0 Å². The highest BCUT2D eigenvalue weighted by molar-refractivity contribution is 5.82. The normalized spacial score (nSPS) is 55.9. The number of aliphatic hydroxyl groups excluding tert-OH is 2. The van der Waals surface area contributed by atoms with E-state index in [2.05, 4.69) is 13.8 Å². The van der Waals surface area contributed by atoms with E-state index in [-0.39, 0.29) is 29.5 Å². The van der Waals surface area contributed by atoms with Gasteiger partial charge in [-0.05, 0) is 79.4 Å². The molecule has 4 saturated carbocycles. The molecule has 0 amide bonds. The van der Waals surface area contributed by atoms with Gasteiger partial charge in [0.25, 0.3) is 0 Å². The van der Waals surface area contributed by atoms with Crippen molar-refractivity contribution in [1.29, 1.82) is 0 Å². The molecule has 4 rings (SSSR count). The summed E-state index contributed by atoms with van der Waals surface area (Å²) in [6.07, 6.45) is 8.38. The lowest BCUT2D eigenvalue weighted by Crippen LogP contribution is -2.55. The number of Topliss-reactive ketones (excluding diaryl/α,β-unsaturated/α-hetero) is 1. The smallest absolute Gasteiger partial charge is 0.138 e. The number of fused-ring (bicyclic) bond motifs is 5. The van der Waals surface area contributed by atoms with Crippen molar-refractivity contribution in [2.75, 3.05) is 6.61 Å². The van der Waals surface area contributed by atoms with Crippen molar-refractivity contribution in [1.82, 2.24) is 0 Å². The Morgan fingerprint density at radius 3 is 2.52 bits per heavy atom. The summed E-state index contributed by atoms with van der Waals surface area (Å²) in [5.41, 5.74) is 0.352. The Kier molecular flexibility index (Phi) is 3.70. The second kappa shape index (κ2) is 5.29. The first-order valence-corrected chi connectivity index (χ1v) is 9.72. The van der Waals surface area contributed by atoms with Crippen LogP contribution in [0.1, 0.15) is 65.2 Å². The molecule has 0 heterocycles. The van der Waals surface area contributed by atoms with E-state index < -0.39 is 0 Å². The van der Waals surface area contributed by atoms with Crippen molar-refractivity contribution >= 4 is 5.78 Å². The van der Waals surface area contributed by atoms with E-state index >= 15 is 0 Å². The van der Waals surface area contributed by atoms with Gasteiger partial charge < -0.3 is 10.2 Å². The van der Waals surface area contributed by atoms with Crippen LogP contribution in [0.25, 0.3) is 0 Å². The summed E-state index contributed by atoms with van der Waals surface area (Å²) in [7, 11) is 0. The first kappa shape index (κ1) is 16.1. The average molecular weight is 320 g/mol. The summed E-state index contributed by atoms with van der Waals surface area (Å²) in [6, 6.07) is 0. The number of rotatable bonds is 1. The number of hydrogen-bond donors (Lipinski definition) is 2. The van der Waals surface area contributed by atoms with Crippen molar-refractivity contribution < 1.29 is 15.0 Å². The molecule has 0 aromatic rings. The molecule has 0 aromatic carbocycles. The number of carbonyl (C=O) groups excluding carboxylic acids is 1. The zero-order valence-corrected chi connectivity index (χ0v) is 14.6. The minimum atomic E-state index is -0.127. The second-order valence-corrected chi connectivity index (χ2v) is 9.55. The Morgan fingerprint density at radius 2 is 1.78 bits per heavy atom. The molecular weight excluding hydrogens is 288 g/mol. The van der Waals surface area contributed by atoms with Crippen LogP contribution in [0.4, 0.5) is 0 Å². The largest absolute Gasteiger partial charge is 0.396 e. The predicted molar refractivity (Wildman–Crippen MR) is 88.7 cm³/mol. The Labute approximate surface area is 139 Å². The minimum Gasteiger partial charge on any atom is -0.396 e. The fourth-order valence-corrected chi connectivity index (χ4v) is 7.38. The van der Waals surface area contributed by atoms with Crippen molar-refractivity contribution in [3.05, 3.63) is 0 Å². The van der Waals surface area contributed by atoms with Gasteiger partial charge in [-0.3, -0.25) is 4.79 Å². The van der Waals surface area contributed by atoms with Gasteiger partial charge in [0.05, 0.1) is 12.7 Å². The number of ketones is 1. The molecule has 0 unspecified atom stereocenters. The molecule has 0 bridgehead atoms. The highest BCUT2D eigenvalue weighted by Crippen LogP contribution is 2.66. The SMILES string of the molecule is C[C@]12C[C@H](CO)C(=O)C[C@@H]1CC[C@@H]1[C@@H]2CC[C@]2(C)[C@@H](O)CC[C@@H]12. The van der Waals surface area contributed by atoms with Crippen molar-refractivity contribution in [2.45, 2.75) is 71.3 Å². The lowest BCUT2D eigenvalue weighted by Gasteiger charge is -2.60. The van der Waals surface area contributed by atoms with E-state index in [1.807, 2.05) is 0 Å². The third-order valence-corrected chi connectivity index (χ3v) is 8.82. The summed E-state index contributed by atoms with van der Waals surface area (Å²) in [5.74, 6) is 2.77. The first-order chi connectivity index (χ1) is 10.9. The number of carbonyl (C=O) groups is 1. The third-order valence-electron chi connectivity index (χ3n) is 8.82. The molecule has 0 aromatic heterocycles. The van der Waals surface area contributed by atoms with Crippen LogP contribution in [0, 0.1) is 40.4 Å². The summed E-state index contributed by atoms with van der Waals surface area (Å²) < 4.78 is 0. The molecule has 0 saturated heterocycles. The van der Waals surface area contributed by atoms with E-state index in [1.54, 1.807) is 0 Å². The van der Waals surface area contributed by atoms with Crippen molar-refractivity contribution in [2.24, 2.45) is 40.4 Å². The molecule has 3 nitrogen and oxygen atoms in total. The van der Waals surface area contributed by atoms with E-state index in [0.717, 1.165) is 25.2 Å². The van der Waals surface area contributed by atoms with Gasteiger partial charge in [0.2, 0.25) is 0 Å². The standard InChI is InChI=1S/C20H32O3/c1-19-8-7-16-14(15(19)5-6-18(19)23)4-3-13-9-17(22)12(11-21)10-20(13,16)2/h12-16,18,21,23H,3-11H2,1-2H3/t12-,13+,14+,15+,16+,18+,19+,20+/m1/s1. The van der Waals surface area contributed by atoms with Crippen molar-refractivity contribution in [3.63, 3.8) is 0 Å². The maximum Gasteiger partial charge on any atom is 0.138 e. The molecule has 23 heavy (non-hydrogen) atoms. The highest BCUT2D eigenvalue weighted by atomic mass is 16.3. The minimum absolute atomic E-state index is 0.0262. The van der Waals surface area contributed by atoms with Gasteiger partial charge in [-0.1, -0.05) is 13.8 Å². The molecular formula is C20H32O3. The molecule has 2 N–H and O–H groups in total. The van der Waals surface area contributed by atoms with Crippen LogP contribution in [0.3, 0.4) is 0 Å². The molecule has 4 aliphatic rings. The number of hydrogen-bond acceptors (Lipinski definition) is 3. The molecule has 130 valence electrons. The monoisotopic (exact) mass is 320 g/mol. The van der Waals surface area contributed by atoms with E-state index in [0.29, 0.717) is 30.0 Å². The molecule has 4 aliphatic carbocycles. The van der Waals surface area contributed by atoms with Gasteiger partial charge in [0.15, 0.2) is 0 Å². The number of aliphatic hydroxyl groups is 2. The Balaban J connectivity index is 1.64. The lowest BCUT2D eigenvalue weighted by atomic mass is 9.44. The third kappa shape index (κ3) is 2.12. The van der Waals surface area contributed by atoms with Gasteiger partial charge in [-0.2, -0.15) is 0 Å². The quantitative estimate of drug-likeness (QED) is 0.780. The van der Waals surface area contributed by atoms with Crippen LogP contribution in [-0.4, -0.2) is 28.7 Å². The molecule has 8 atom stereocenters. The summed E-state index contributed by atoms with van der Waals surface area (Å²) in [5, 5.41) is 20.1. The van der Waals surface area contributed by atoms with Crippen LogP contribution < -0.4 is 0 Å². The van der Waals surface area contributed by atoms with E-state index in [4.69, 9.17) is 0 Å². The molecule has 0 radical (unpaired) electrons. The van der Waals surface area contributed by atoms with Gasteiger partial charge in [-0.25, -0.2) is 0 Å². The Morgan fingerprint density at radius 1 is 1.04 bits per heavy atom. The zero-order chi connectivity index (χ0) is 16.4. The molecule has 0 aliphatic heterocycles. The van der Waals surface area contributed by atoms with Gasteiger partial charge >= 0.3 is 0 Å². The second-order valence-electron chi connectivity index (χ2n) is 9.55. The lowest BCUT2D eigenvalue weighted by molar-refractivity contribution is -0.152. The predicted octanol–water partition coefficient (Wildman–Crippen LogP) is 3.18. The van der Waals surface area contributed by atoms with E-state index in [1.165, 1.54) is 25.7 Å². The van der Waals surface area contributed by atoms with Gasteiger partial charge in [-0.15, -0.1) is 0 Å². The van der Waals surface area contributed by atoms with Crippen LogP contribution in [0.2, 0.25) is 0 Å². The molecule has 0 spiro atoms. The maximum atomic E-state index is 12.3. The van der Waals surface area contributed by atoms with Crippen LogP contribution >= 0.6 is 0 Å². The van der Waals surface area contributed by atoms with Crippen LogP contribution in [0.5, 0.6) is 0 Å². The first-order valence-electron chi connectivity index (χ1n) is 9.72. The summed E-state index contributed by atoms with van der Waals surface area (Å²) >= 11 is 0. The fourth-order valence-electron chi connectivity index (χ4n) is 7.38. The summed E-state index contributed by atoms with van der Waals surface area (Å²) in [4.78, 5) is 12.3. The zero-order valence-electron chi connectivity index (χ0n) is 14.6. The Bertz CT molecular complexity index is 503. The fraction of sp³-hybridized carbons (Fsp3) is 0.950. The van der Waals surface area contributed by atoms with E-state index in [9.17, 15) is 15.0 Å². The average Bonchev–Trinajstić information content (AvgIpc) is 2.83. The molecule has 3 heteroatoms. The van der Waals surface area contributed by atoms with Gasteiger partial charge in [0.1, 0.15) is 5.78 Å². The topological polar surface area (TPSA) is 57.5 Å². The molecule has 4 fully saturated rings. The highest BCUT2D eigenvalue weighted by Gasteiger charge is 2.60. The maximum absolute atomic E-state index is 12.3.